The third-order valence-corrected chi connectivity index (χ3v) is 1.77. The van der Waals surface area contributed by atoms with Gasteiger partial charge in [-0.15, -0.1) is 0 Å². The van der Waals surface area contributed by atoms with Crippen LogP contribution < -0.4 is 10.2 Å². The second kappa shape index (κ2) is 4.51. The Morgan fingerprint density at radius 1 is 1.75 bits per heavy atom. The van der Waals surface area contributed by atoms with Crippen LogP contribution in [0.25, 0.3) is 0 Å². The van der Waals surface area contributed by atoms with Crippen LogP contribution in [0.3, 0.4) is 0 Å². The molecule has 0 radical (unpaired) electrons. The van der Waals surface area contributed by atoms with Gasteiger partial charge in [-0.05, 0) is 19.4 Å². The Hall–Kier alpha value is -0.500. The molecular weight excluding hydrogens is 184 g/mol. The van der Waals surface area contributed by atoms with Crippen LogP contribution in [0.5, 0.6) is 0 Å². The molecule has 1 fully saturated rings. The molecule has 0 aromatic heterocycles. The van der Waals surface area contributed by atoms with Crippen molar-refractivity contribution in [3.8, 4) is 0 Å². The van der Waals surface area contributed by atoms with Crippen molar-refractivity contribution in [3.63, 3.8) is 0 Å². The number of rotatable bonds is 3. The van der Waals surface area contributed by atoms with Crippen molar-refractivity contribution < 1.29 is 18.4 Å². The topological polar surface area (TPSA) is 90.5 Å². The summed E-state index contributed by atoms with van der Waals surface area (Å²) in [5.74, 6) is -0.586. The standard InChI is InChI=1S/C5H10N2O4S/c8-5(11-7-12(9)10)4-2-1-3-6-4/h4,6-7H,1-3H2,(H,9,10)/p-1/t4-/m0/s1. The predicted octanol–water partition coefficient (Wildman–Crippen LogP) is -1.42. The van der Waals surface area contributed by atoms with Gasteiger partial charge in [-0.1, -0.05) is 4.89 Å². The first-order chi connectivity index (χ1) is 5.70. The quantitative estimate of drug-likeness (QED) is 0.424. The van der Waals surface area contributed by atoms with Crippen LogP contribution in [0.2, 0.25) is 0 Å². The van der Waals surface area contributed by atoms with Crippen LogP contribution in [-0.2, 0) is 20.9 Å². The molecule has 0 aliphatic carbocycles. The first-order valence-electron chi connectivity index (χ1n) is 3.49. The maximum absolute atomic E-state index is 10.9. The molecule has 0 amide bonds. The van der Waals surface area contributed by atoms with Crippen molar-refractivity contribution in [2.75, 3.05) is 6.54 Å². The van der Waals surface area contributed by atoms with Gasteiger partial charge in [0.2, 0.25) is 0 Å². The van der Waals surface area contributed by atoms with Gasteiger partial charge in [0.25, 0.3) is 0 Å². The molecule has 1 unspecified atom stereocenters. The Morgan fingerprint density at radius 3 is 3.00 bits per heavy atom. The molecule has 1 saturated heterocycles. The van der Waals surface area contributed by atoms with Crippen molar-refractivity contribution in [2.24, 2.45) is 0 Å². The van der Waals surface area contributed by atoms with Crippen molar-refractivity contribution in [3.05, 3.63) is 0 Å². The molecule has 1 aliphatic heterocycles. The van der Waals surface area contributed by atoms with Crippen molar-refractivity contribution >= 4 is 17.2 Å². The third-order valence-electron chi connectivity index (χ3n) is 1.56. The lowest BCUT2D eigenvalue weighted by Gasteiger charge is -2.10. The smallest absolute Gasteiger partial charge is 0.342 e. The van der Waals surface area contributed by atoms with Gasteiger partial charge in [0.15, 0.2) is 0 Å². The number of nitrogens with one attached hydrogen (secondary N) is 2. The van der Waals surface area contributed by atoms with Gasteiger partial charge in [-0.2, -0.15) is 0 Å². The summed E-state index contributed by atoms with van der Waals surface area (Å²) in [5, 5.41) is 2.86. The van der Waals surface area contributed by atoms with E-state index in [2.05, 4.69) is 10.2 Å². The lowest BCUT2D eigenvalue weighted by molar-refractivity contribution is -0.149. The number of hydrogen-bond donors (Lipinski definition) is 2. The Bertz CT molecular complexity index is 192. The lowest BCUT2D eigenvalue weighted by Crippen LogP contribution is -2.36. The first-order valence-corrected chi connectivity index (χ1v) is 4.56. The normalized spacial score (nSPS) is 25.2. The summed E-state index contributed by atoms with van der Waals surface area (Å²) >= 11 is -2.56. The van der Waals surface area contributed by atoms with Crippen molar-refractivity contribution in [1.82, 2.24) is 10.2 Å². The van der Waals surface area contributed by atoms with Crippen molar-refractivity contribution in [2.45, 2.75) is 18.9 Å². The van der Waals surface area contributed by atoms with Gasteiger partial charge in [0.05, 0.1) is 11.3 Å². The highest BCUT2D eigenvalue weighted by atomic mass is 32.2. The highest BCUT2D eigenvalue weighted by Gasteiger charge is 2.23. The van der Waals surface area contributed by atoms with Crippen LogP contribution in [0, 0.1) is 0 Å². The van der Waals surface area contributed by atoms with E-state index in [0.717, 1.165) is 13.0 Å². The molecule has 6 nitrogen and oxygen atoms in total. The molecule has 1 heterocycles. The van der Waals surface area contributed by atoms with Gasteiger partial charge in [0.1, 0.15) is 6.04 Å². The minimum absolute atomic E-state index is 0.374. The Balaban J connectivity index is 2.23. The molecule has 0 aromatic carbocycles. The second-order valence-electron chi connectivity index (χ2n) is 2.39. The molecule has 7 heteroatoms. The maximum Gasteiger partial charge on any atom is 0.342 e. The molecule has 12 heavy (non-hydrogen) atoms. The fourth-order valence-corrected chi connectivity index (χ4v) is 1.18. The van der Waals surface area contributed by atoms with Crippen LogP contribution in [-0.4, -0.2) is 27.3 Å². The Morgan fingerprint density at radius 2 is 2.50 bits per heavy atom. The van der Waals surface area contributed by atoms with E-state index in [1.165, 1.54) is 0 Å². The zero-order chi connectivity index (χ0) is 8.97. The Kier molecular flexibility index (Phi) is 3.60. The second-order valence-corrected chi connectivity index (χ2v) is 3.02. The molecule has 0 spiro atoms. The zero-order valence-electron chi connectivity index (χ0n) is 6.24. The molecule has 0 bridgehead atoms. The minimum Gasteiger partial charge on any atom is -0.758 e. The number of carbonyl (C=O) groups is 1. The molecular formula is C5H9N2O4S-. The molecule has 1 aliphatic rings. The van der Waals surface area contributed by atoms with E-state index in [1.54, 1.807) is 4.89 Å². The monoisotopic (exact) mass is 193 g/mol. The SMILES string of the molecule is O=C(ONS(=O)[O-])[C@@H]1CCCN1. The predicted molar refractivity (Wildman–Crippen MR) is 39.2 cm³/mol. The molecule has 70 valence electrons. The minimum atomic E-state index is -2.56. The highest BCUT2D eigenvalue weighted by Crippen LogP contribution is 2.05. The molecule has 1 rings (SSSR count). The van der Waals surface area contributed by atoms with Crippen LogP contribution >= 0.6 is 0 Å². The van der Waals surface area contributed by atoms with Crippen LogP contribution in [0.1, 0.15) is 12.8 Å². The largest absolute Gasteiger partial charge is 0.758 e. The summed E-state index contributed by atoms with van der Waals surface area (Å²) in [7, 11) is 0. The van der Waals surface area contributed by atoms with Crippen LogP contribution in [0.15, 0.2) is 0 Å². The summed E-state index contributed by atoms with van der Waals surface area (Å²) in [4.78, 5) is 16.7. The molecule has 0 aromatic rings. The van der Waals surface area contributed by atoms with Crippen molar-refractivity contribution in [1.29, 1.82) is 0 Å². The van der Waals surface area contributed by atoms with E-state index in [0.29, 0.717) is 6.42 Å². The summed E-state index contributed by atoms with van der Waals surface area (Å²) in [5.41, 5.74) is 0. The fourth-order valence-electron chi connectivity index (χ4n) is 1.03. The van der Waals surface area contributed by atoms with Gasteiger partial charge in [-0.25, -0.2) is 4.79 Å². The highest BCUT2D eigenvalue weighted by molar-refractivity contribution is 7.76. The summed E-state index contributed by atoms with van der Waals surface area (Å²) in [6.07, 6.45) is 1.59. The lowest BCUT2D eigenvalue weighted by atomic mass is 10.2. The van der Waals surface area contributed by atoms with E-state index in [1.807, 2.05) is 0 Å². The van der Waals surface area contributed by atoms with E-state index in [4.69, 9.17) is 0 Å². The van der Waals surface area contributed by atoms with Gasteiger partial charge in [-0.3, -0.25) is 4.21 Å². The summed E-state index contributed by atoms with van der Waals surface area (Å²) < 4.78 is 19.8. The summed E-state index contributed by atoms with van der Waals surface area (Å²) in [6, 6.07) is -0.374. The average molecular weight is 193 g/mol. The average Bonchev–Trinajstić information content (AvgIpc) is 2.51. The zero-order valence-corrected chi connectivity index (χ0v) is 7.06. The van der Waals surface area contributed by atoms with Gasteiger partial charge < -0.3 is 14.7 Å². The molecule has 2 N–H and O–H groups in total. The molecule has 2 atom stereocenters. The first kappa shape index (κ1) is 9.59. The van der Waals surface area contributed by atoms with E-state index < -0.39 is 17.2 Å². The van der Waals surface area contributed by atoms with Crippen LogP contribution in [0.4, 0.5) is 0 Å². The molecule has 0 saturated carbocycles. The van der Waals surface area contributed by atoms with Gasteiger partial charge >= 0.3 is 5.97 Å². The fraction of sp³-hybridized carbons (Fsp3) is 0.800. The summed E-state index contributed by atoms with van der Waals surface area (Å²) in [6.45, 7) is 0.764. The maximum atomic E-state index is 10.9. The third kappa shape index (κ3) is 2.86. The van der Waals surface area contributed by atoms with Gasteiger partial charge in [0, 0.05) is 0 Å². The number of carbonyl (C=O) groups excluding carboxylic acids is 1. The number of hydrogen-bond acceptors (Lipinski definition) is 5. The van der Waals surface area contributed by atoms with E-state index in [9.17, 15) is 13.6 Å². The van der Waals surface area contributed by atoms with E-state index >= 15 is 0 Å². The Labute approximate surface area is 72.0 Å². The van der Waals surface area contributed by atoms with E-state index in [-0.39, 0.29) is 6.04 Å².